The van der Waals surface area contributed by atoms with Crippen LogP contribution >= 0.6 is 11.6 Å². The van der Waals surface area contributed by atoms with E-state index in [0.29, 0.717) is 16.2 Å². The van der Waals surface area contributed by atoms with Crippen LogP contribution in [0.5, 0.6) is 0 Å². The highest BCUT2D eigenvalue weighted by molar-refractivity contribution is 7.89. The van der Waals surface area contributed by atoms with Crippen molar-refractivity contribution in [1.82, 2.24) is 29.4 Å². The summed E-state index contributed by atoms with van der Waals surface area (Å²) in [6.07, 6.45) is 7.37. The number of aromatic nitrogens is 3. The van der Waals surface area contributed by atoms with Crippen LogP contribution in [0.25, 0.3) is 10.9 Å². The first-order chi connectivity index (χ1) is 16.4. The highest BCUT2D eigenvalue weighted by Gasteiger charge is 2.55. The van der Waals surface area contributed by atoms with Crippen LogP contribution in [0.15, 0.2) is 65.9 Å². The second kappa shape index (κ2) is 7.64. The van der Waals surface area contributed by atoms with Gasteiger partial charge in [-0.1, -0.05) is 17.7 Å². The molecule has 3 aromatic rings. The molecule has 174 valence electrons. The Morgan fingerprint density at radius 2 is 1.88 bits per heavy atom. The number of halogens is 1. The van der Waals surface area contributed by atoms with Crippen molar-refractivity contribution in [3.8, 4) is 0 Å². The lowest BCUT2D eigenvalue weighted by Gasteiger charge is -2.33. The lowest BCUT2D eigenvalue weighted by molar-refractivity contribution is 0.0690. The first-order valence-corrected chi connectivity index (χ1v) is 12.5. The molecule has 1 N–H and O–H groups in total. The van der Waals surface area contributed by atoms with Crippen LogP contribution in [0.1, 0.15) is 16.2 Å². The number of fused-ring (bicyclic) bond motifs is 2. The van der Waals surface area contributed by atoms with Crippen LogP contribution in [0.4, 0.5) is 0 Å². The number of hydroxylamine groups is 2. The zero-order chi connectivity index (χ0) is 23.5. The van der Waals surface area contributed by atoms with E-state index in [-0.39, 0.29) is 42.8 Å². The van der Waals surface area contributed by atoms with E-state index in [1.54, 1.807) is 52.6 Å². The third-order valence-corrected chi connectivity index (χ3v) is 8.20. The second-order valence-corrected chi connectivity index (χ2v) is 10.5. The van der Waals surface area contributed by atoms with Crippen molar-refractivity contribution in [1.29, 1.82) is 0 Å². The molecule has 12 heteroatoms. The largest absolute Gasteiger partial charge is 0.345 e. The number of carbonyl (C=O) groups excluding carboxylic acids is 1. The van der Waals surface area contributed by atoms with Gasteiger partial charge in [0.15, 0.2) is 5.69 Å². The van der Waals surface area contributed by atoms with Crippen molar-refractivity contribution >= 4 is 38.4 Å². The quantitative estimate of drug-likeness (QED) is 0.548. The van der Waals surface area contributed by atoms with E-state index in [1.165, 1.54) is 4.31 Å². The molecule has 1 amide bonds. The van der Waals surface area contributed by atoms with Crippen molar-refractivity contribution in [2.45, 2.75) is 10.8 Å². The van der Waals surface area contributed by atoms with E-state index in [0.717, 1.165) is 5.39 Å². The number of nitrogens with one attached hydrogen (secondary N) is 1. The van der Waals surface area contributed by atoms with Crippen molar-refractivity contribution in [2.24, 2.45) is 0 Å². The Hall–Kier alpha value is -3.25. The number of hydrogen-bond acceptors (Lipinski definition) is 7. The van der Waals surface area contributed by atoms with Crippen LogP contribution in [0.3, 0.4) is 0 Å². The Morgan fingerprint density at radius 3 is 2.62 bits per heavy atom. The molecule has 0 aliphatic carbocycles. The van der Waals surface area contributed by atoms with Crippen molar-refractivity contribution in [3.05, 3.63) is 77.2 Å². The third kappa shape index (κ3) is 3.40. The number of aromatic amines is 1. The molecule has 2 fully saturated rings. The minimum Gasteiger partial charge on any atom is -0.345 e. The molecule has 34 heavy (non-hydrogen) atoms. The number of benzene rings is 1. The topological polar surface area (TPSA) is 115 Å². The van der Waals surface area contributed by atoms with Gasteiger partial charge in [-0.2, -0.15) is 4.31 Å². The van der Waals surface area contributed by atoms with Gasteiger partial charge in [-0.15, -0.1) is 10.2 Å². The Bertz CT molecular complexity index is 1460. The highest BCUT2D eigenvalue weighted by atomic mass is 35.5. The Labute approximate surface area is 200 Å². The van der Waals surface area contributed by atoms with E-state index >= 15 is 0 Å². The van der Waals surface area contributed by atoms with Crippen LogP contribution in [-0.2, 0) is 20.6 Å². The summed E-state index contributed by atoms with van der Waals surface area (Å²) in [6.45, 7) is 0.862. The zero-order valence-electron chi connectivity index (χ0n) is 17.8. The fraction of sp³-hybridized carbons (Fsp3) is 0.227. The fourth-order valence-corrected chi connectivity index (χ4v) is 5.84. The zero-order valence-corrected chi connectivity index (χ0v) is 19.3. The number of H-pyrrole nitrogens is 1. The average molecular weight is 499 g/mol. The maximum atomic E-state index is 13.1. The first kappa shape index (κ1) is 21.3. The Balaban J connectivity index is 1.13. The number of amides is 1. The molecule has 1 aromatic carbocycles. The van der Waals surface area contributed by atoms with Crippen LogP contribution in [-0.4, -0.2) is 70.0 Å². The van der Waals surface area contributed by atoms with Gasteiger partial charge in [-0.05, 0) is 48.6 Å². The summed E-state index contributed by atoms with van der Waals surface area (Å²) in [5.41, 5.74) is 0.738. The van der Waals surface area contributed by atoms with E-state index in [1.807, 2.05) is 18.2 Å². The molecule has 10 nitrogen and oxygen atoms in total. The van der Waals surface area contributed by atoms with Crippen LogP contribution in [0, 0.1) is 0 Å². The van der Waals surface area contributed by atoms with Gasteiger partial charge in [0.2, 0.25) is 0 Å². The summed E-state index contributed by atoms with van der Waals surface area (Å²) in [4.78, 5) is 23.0. The summed E-state index contributed by atoms with van der Waals surface area (Å²) in [5.74, 6) is -0.290. The summed E-state index contributed by atoms with van der Waals surface area (Å²) < 4.78 is 27.6. The molecule has 3 aliphatic heterocycles. The monoisotopic (exact) mass is 498 g/mol. The van der Waals surface area contributed by atoms with Gasteiger partial charge in [0.1, 0.15) is 10.7 Å². The number of nitrogens with zero attached hydrogens (tertiary/aromatic N) is 5. The minimum atomic E-state index is -3.73. The SMILES string of the molecule is O=C(c1ccc(C23C=CC=CN2O3)nn1)N1CCN(S(=O)(=O)c2cc3cc(Cl)ccc3[nH]2)CC1. The highest BCUT2D eigenvalue weighted by Crippen LogP contribution is 2.46. The maximum absolute atomic E-state index is 13.1. The number of hydrogen-bond donors (Lipinski definition) is 1. The molecule has 0 spiro atoms. The number of rotatable bonds is 4. The molecule has 2 aromatic heterocycles. The van der Waals surface area contributed by atoms with Gasteiger partial charge in [-0.25, -0.2) is 18.3 Å². The maximum Gasteiger partial charge on any atom is 0.274 e. The number of carbonyl (C=O) groups is 1. The molecule has 3 aliphatic rings. The van der Waals surface area contributed by atoms with E-state index in [9.17, 15) is 13.2 Å². The third-order valence-electron chi connectivity index (χ3n) is 6.14. The average Bonchev–Trinajstić information content (AvgIpc) is 3.47. The smallest absolute Gasteiger partial charge is 0.274 e. The van der Waals surface area contributed by atoms with Gasteiger partial charge in [0.05, 0.1) is 0 Å². The predicted molar refractivity (Wildman–Crippen MR) is 123 cm³/mol. The molecule has 0 bridgehead atoms. The second-order valence-electron chi connectivity index (χ2n) is 8.18. The lowest BCUT2D eigenvalue weighted by Crippen LogP contribution is -2.50. The molecular weight excluding hydrogens is 480 g/mol. The molecule has 6 rings (SSSR count). The fourth-order valence-electron chi connectivity index (χ4n) is 4.22. The molecule has 5 heterocycles. The normalized spacial score (nSPS) is 22.3. The Morgan fingerprint density at radius 1 is 1.06 bits per heavy atom. The molecular formula is C22H19ClN6O4S. The van der Waals surface area contributed by atoms with Crippen LogP contribution < -0.4 is 0 Å². The molecule has 2 saturated heterocycles. The summed E-state index contributed by atoms with van der Waals surface area (Å²) >= 11 is 6.01. The van der Waals surface area contributed by atoms with Gasteiger partial charge >= 0.3 is 0 Å². The molecule has 0 radical (unpaired) electrons. The minimum absolute atomic E-state index is 0.105. The Kier molecular flexibility index (Phi) is 4.78. The molecule has 1 atom stereocenters. The number of sulfonamides is 1. The van der Waals surface area contributed by atoms with Gasteiger partial charge in [0.25, 0.3) is 21.7 Å². The number of allylic oxidation sites excluding steroid dienone is 2. The number of piperazine rings is 1. The van der Waals surface area contributed by atoms with Crippen molar-refractivity contribution in [3.63, 3.8) is 0 Å². The van der Waals surface area contributed by atoms with E-state index < -0.39 is 15.7 Å². The molecule has 1 unspecified atom stereocenters. The van der Waals surface area contributed by atoms with Gasteiger partial charge < -0.3 is 9.88 Å². The first-order valence-electron chi connectivity index (χ1n) is 10.6. The summed E-state index contributed by atoms with van der Waals surface area (Å²) in [7, 11) is -3.73. The predicted octanol–water partition coefficient (Wildman–Crippen LogP) is 2.24. The van der Waals surface area contributed by atoms with Crippen LogP contribution in [0.2, 0.25) is 5.02 Å². The summed E-state index contributed by atoms with van der Waals surface area (Å²) in [5, 5.41) is 11.3. The van der Waals surface area contributed by atoms with E-state index in [2.05, 4.69) is 15.2 Å². The molecule has 0 saturated carbocycles. The van der Waals surface area contributed by atoms with E-state index in [4.69, 9.17) is 16.4 Å². The van der Waals surface area contributed by atoms with Gasteiger partial charge in [0, 0.05) is 48.3 Å². The summed E-state index contributed by atoms with van der Waals surface area (Å²) in [6, 6.07) is 10.1. The van der Waals surface area contributed by atoms with Gasteiger partial charge in [-0.3, -0.25) is 4.79 Å². The standard InChI is InChI=1S/C22H19ClN6O4S/c23-16-3-4-17-15(13-16)14-20(24-17)34(31,32)28-11-9-27(10-12-28)21(30)18-5-6-19(26-25-18)22-7-1-2-8-29(22)33-22/h1-8,13-14,24H,9-12H2. The van der Waals surface area contributed by atoms with Crippen molar-refractivity contribution < 1.29 is 18.0 Å². The van der Waals surface area contributed by atoms with Crippen molar-refractivity contribution in [2.75, 3.05) is 26.2 Å². The lowest BCUT2D eigenvalue weighted by atomic mass is 10.1.